The summed E-state index contributed by atoms with van der Waals surface area (Å²) in [7, 11) is 0. The monoisotopic (exact) mass is 511 g/mol. The highest BCUT2D eigenvalue weighted by molar-refractivity contribution is 6.00. The van der Waals surface area contributed by atoms with Crippen molar-refractivity contribution in [2.24, 2.45) is 5.92 Å². The van der Waals surface area contributed by atoms with Crippen molar-refractivity contribution in [3.63, 3.8) is 0 Å². The molecule has 1 aliphatic heterocycles. The molecule has 0 spiro atoms. The molecule has 0 unspecified atom stereocenters. The number of fused-ring (bicyclic) bond motifs is 1. The SMILES string of the molecule is FCCCN1CC(Cc2ccc(C3=C(c4c(F)cccc4C(F)(F)F)CCCc4ccccc43)cc2)C1. The highest BCUT2D eigenvalue weighted by Gasteiger charge is 2.36. The molecule has 37 heavy (non-hydrogen) atoms. The summed E-state index contributed by atoms with van der Waals surface area (Å²) in [6, 6.07) is 18.9. The molecule has 194 valence electrons. The molecule has 5 rings (SSSR count). The van der Waals surface area contributed by atoms with E-state index in [1.54, 1.807) is 0 Å². The Hall–Kier alpha value is -2.99. The lowest BCUT2D eigenvalue weighted by molar-refractivity contribution is -0.138. The smallest absolute Gasteiger partial charge is 0.303 e. The lowest BCUT2D eigenvalue weighted by atomic mass is 9.85. The Morgan fingerprint density at radius 3 is 2.35 bits per heavy atom. The number of halogens is 5. The van der Waals surface area contributed by atoms with Crippen molar-refractivity contribution in [1.82, 2.24) is 4.90 Å². The predicted octanol–water partition coefficient (Wildman–Crippen LogP) is 7.97. The Morgan fingerprint density at radius 2 is 1.62 bits per heavy atom. The van der Waals surface area contributed by atoms with Gasteiger partial charge in [-0.2, -0.15) is 13.2 Å². The second kappa shape index (κ2) is 10.8. The third-order valence-electron chi connectivity index (χ3n) is 7.49. The van der Waals surface area contributed by atoms with Gasteiger partial charge in [0.05, 0.1) is 12.2 Å². The van der Waals surface area contributed by atoms with Gasteiger partial charge in [-0.05, 0) is 83.6 Å². The average molecular weight is 512 g/mol. The molecule has 6 heteroatoms. The highest BCUT2D eigenvalue weighted by atomic mass is 19.4. The standard InChI is InChI=1S/C31H30F5N/c32-16-5-17-37-19-22(20-37)18-21-12-14-24(15-13-21)29-25-8-2-1-6-23(25)7-3-9-26(29)30-27(31(34,35)36)10-4-11-28(30)33/h1-2,4,6,8,10-15,22H,3,5,7,9,16-20H2. The molecule has 1 saturated heterocycles. The molecule has 0 atom stereocenters. The molecule has 1 nitrogen and oxygen atoms in total. The van der Waals surface area contributed by atoms with Gasteiger partial charge in [0.15, 0.2) is 0 Å². The van der Waals surface area contributed by atoms with Gasteiger partial charge in [0, 0.05) is 25.2 Å². The predicted molar refractivity (Wildman–Crippen MR) is 137 cm³/mol. The van der Waals surface area contributed by atoms with Crippen LogP contribution in [0.4, 0.5) is 22.0 Å². The number of alkyl halides is 4. The lowest BCUT2D eigenvalue weighted by Gasteiger charge is -2.39. The third-order valence-corrected chi connectivity index (χ3v) is 7.49. The van der Waals surface area contributed by atoms with Gasteiger partial charge in [0.1, 0.15) is 5.82 Å². The first-order valence-electron chi connectivity index (χ1n) is 12.9. The molecule has 3 aromatic carbocycles. The van der Waals surface area contributed by atoms with Crippen LogP contribution in [0.1, 0.15) is 52.6 Å². The second-order valence-electron chi connectivity index (χ2n) is 10.1. The van der Waals surface area contributed by atoms with E-state index in [4.69, 9.17) is 0 Å². The summed E-state index contributed by atoms with van der Waals surface area (Å²) in [5.41, 5.74) is 3.69. The molecule has 0 amide bonds. The van der Waals surface area contributed by atoms with Crippen LogP contribution in [0.2, 0.25) is 0 Å². The number of allylic oxidation sites excluding steroid dienone is 1. The Bertz CT molecular complexity index is 1270. The van der Waals surface area contributed by atoms with Crippen LogP contribution in [0.15, 0.2) is 66.7 Å². The van der Waals surface area contributed by atoms with Crippen molar-refractivity contribution >= 4 is 11.1 Å². The van der Waals surface area contributed by atoms with Crippen LogP contribution in [0.5, 0.6) is 0 Å². The van der Waals surface area contributed by atoms with E-state index >= 15 is 4.39 Å². The van der Waals surface area contributed by atoms with Crippen LogP contribution in [-0.4, -0.2) is 31.2 Å². The van der Waals surface area contributed by atoms with Crippen LogP contribution < -0.4 is 0 Å². The summed E-state index contributed by atoms with van der Waals surface area (Å²) in [5, 5.41) is 0. The van der Waals surface area contributed by atoms with Crippen LogP contribution in [0.3, 0.4) is 0 Å². The molecule has 0 aromatic heterocycles. The quantitative estimate of drug-likeness (QED) is 0.291. The number of hydrogen-bond donors (Lipinski definition) is 0. The fourth-order valence-corrected chi connectivity index (χ4v) is 5.78. The first-order valence-corrected chi connectivity index (χ1v) is 12.9. The van der Waals surface area contributed by atoms with Gasteiger partial charge in [-0.15, -0.1) is 0 Å². The second-order valence-corrected chi connectivity index (χ2v) is 10.1. The fourth-order valence-electron chi connectivity index (χ4n) is 5.78. The number of benzene rings is 3. The summed E-state index contributed by atoms with van der Waals surface area (Å²) in [4.78, 5) is 2.25. The van der Waals surface area contributed by atoms with Crippen LogP contribution in [-0.2, 0) is 19.0 Å². The Kier molecular flexibility index (Phi) is 7.47. The highest BCUT2D eigenvalue weighted by Crippen LogP contribution is 2.44. The Morgan fingerprint density at radius 1 is 0.865 bits per heavy atom. The van der Waals surface area contributed by atoms with Gasteiger partial charge in [-0.3, -0.25) is 4.39 Å². The summed E-state index contributed by atoms with van der Waals surface area (Å²) >= 11 is 0. The molecular formula is C31H30F5N. The minimum Gasteiger partial charge on any atom is -0.303 e. The van der Waals surface area contributed by atoms with E-state index in [-0.39, 0.29) is 12.2 Å². The van der Waals surface area contributed by atoms with Gasteiger partial charge >= 0.3 is 6.18 Å². The van der Waals surface area contributed by atoms with Gasteiger partial charge in [0.25, 0.3) is 0 Å². The molecule has 2 aliphatic rings. The van der Waals surface area contributed by atoms with Crippen molar-refractivity contribution in [3.05, 3.63) is 106 Å². The van der Waals surface area contributed by atoms with Crippen molar-refractivity contribution in [3.8, 4) is 0 Å². The number of rotatable bonds is 7. The largest absolute Gasteiger partial charge is 0.417 e. The third kappa shape index (κ3) is 5.49. The van der Waals surface area contributed by atoms with Crippen molar-refractivity contribution < 1.29 is 22.0 Å². The van der Waals surface area contributed by atoms with E-state index in [0.29, 0.717) is 36.3 Å². The minimum atomic E-state index is -4.66. The van der Waals surface area contributed by atoms with E-state index in [0.717, 1.165) is 72.9 Å². The van der Waals surface area contributed by atoms with E-state index < -0.39 is 17.6 Å². The minimum absolute atomic E-state index is 0.291. The van der Waals surface area contributed by atoms with Crippen molar-refractivity contribution in [1.29, 1.82) is 0 Å². The topological polar surface area (TPSA) is 3.24 Å². The number of nitrogens with zero attached hydrogens (tertiary/aromatic N) is 1. The molecule has 0 N–H and O–H groups in total. The zero-order valence-corrected chi connectivity index (χ0v) is 20.6. The lowest BCUT2D eigenvalue weighted by Crippen LogP contribution is -2.47. The van der Waals surface area contributed by atoms with Crippen molar-refractivity contribution in [2.75, 3.05) is 26.3 Å². The number of aryl methyl sites for hydroxylation is 1. The van der Waals surface area contributed by atoms with Crippen molar-refractivity contribution in [2.45, 2.75) is 38.3 Å². The first-order chi connectivity index (χ1) is 17.8. The molecule has 0 saturated carbocycles. The van der Waals surface area contributed by atoms with E-state index in [1.165, 1.54) is 0 Å². The van der Waals surface area contributed by atoms with E-state index in [2.05, 4.69) is 4.90 Å². The summed E-state index contributed by atoms with van der Waals surface area (Å²) in [6.45, 7) is 2.41. The summed E-state index contributed by atoms with van der Waals surface area (Å²) < 4.78 is 69.6. The Labute approximate surface area is 214 Å². The first kappa shape index (κ1) is 25.7. The van der Waals surface area contributed by atoms with Crippen LogP contribution in [0, 0.1) is 11.7 Å². The normalized spacial score (nSPS) is 16.9. The number of likely N-dealkylation sites (tertiary alicyclic amines) is 1. The molecule has 0 radical (unpaired) electrons. The zero-order chi connectivity index (χ0) is 26.0. The molecule has 1 heterocycles. The zero-order valence-electron chi connectivity index (χ0n) is 20.6. The molecule has 1 aliphatic carbocycles. The fraction of sp³-hybridized carbons (Fsp3) is 0.355. The molecular weight excluding hydrogens is 481 g/mol. The Balaban J connectivity index is 1.54. The van der Waals surface area contributed by atoms with Crippen LogP contribution in [0.25, 0.3) is 11.1 Å². The maximum Gasteiger partial charge on any atom is 0.417 e. The van der Waals surface area contributed by atoms with E-state index in [9.17, 15) is 17.6 Å². The molecule has 3 aromatic rings. The summed E-state index contributed by atoms with van der Waals surface area (Å²) in [5.74, 6) is -0.327. The van der Waals surface area contributed by atoms with Gasteiger partial charge in [-0.1, -0.05) is 54.6 Å². The van der Waals surface area contributed by atoms with Gasteiger partial charge < -0.3 is 4.90 Å². The van der Waals surface area contributed by atoms with Gasteiger partial charge in [0.2, 0.25) is 0 Å². The maximum atomic E-state index is 15.2. The molecule has 0 bridgehead atoms. The van der Waals surface area contributed by atoms with Gasteiger partial charge in [-0.25, -0.2) is 4.39 Å². The van der Waals surface area contributed by atoms with E-state index in [1.807, 2.05) is 48.5 Å². The number of hydrogen-bond acceptors (Lipinski definition) is 1. The summed E-state index contributed by atoms with van der Waals surface area (Å²) in [6.07, 6.45) is -1.48. The average Bonchev–Trinajstić information content (AvgIpc) is 3.04. The van der Waals surface area contributed by atoms with Crippen LogP contribution >= 0.6 is 0 Å². The molecule has 1 fully saturated rings. The maximum absolute atomic E-state index is 15.2.